The van der Waals surface area contributed by atoms with E-state index in [4.69, 9.17) is 0 Å². The van der Waals surface area contributed by atoms with Gasteiger partial charge in [0.1, 0.15) is 0 Å². The molecule has 2 amide bonds. The lowest BCUT2D eigenvalue weighted by molar-refractivity contribution is 0.240. The lowest BCUT2D eigenvalue weighted by Crippen LogP contribution is -2.26. The van der Waals surface area contributed by atoms with Gasteiger partial charge in [-0.05, 0) is 0 Å². The summed E-state index contributed by atoms with van der Waals surface area (Å²) >= 11 is 0. The number of hydroxylamine groups is 1. The highest BCUT2D eigenvalue weighted by Gasteiger charge is 2.06. The molecule has 1 rings (SSSR count). The third-order valence-corrected chi connectivity index (χ3v) is 0.609. The molecule has 0 spiro atoms. The van der Waals surface area contributed by atoms with Crippen LogP contribution in [0.4, 0.5) is 4.79 Å². The Morgan fingerprint density at radius 1 is 1.86 bits per heavy atom. The Bertz CT molecular complexity index is 92.9. The number of rotatable bonds is 0. The summed E-state index contributed by atoms with van der Waals surface area (Å²) in [5.41, 5.74) is 1.94. The number of hydrogen-bond acceptors (Lipinski definition) is 3. The molecule has 1 aliphatic rings. The minimum Gasteiger partial charge on any atom is -0.766 e. The Hall–Kier alpha value is -0.810. The minimum absolute atomic E-state index is 0.0405. The smallest absolute Gasteiger partial charge is 0.329 e. The van der Waals surface area contributed by atoms with Gasteiger partial charge in [-0.25, -0.2) is 4.79 Å². The van der Waals surface area contributed by atoms with Gasteiger partial charge in [0.2, 0.25) is 0 Å². The van der Waals surface area contributed by atoms with Crippen LogP contribution in [0.1, 0.15) is 0 Å². The molecule has 2 N–H and O–H groups in total. The molecule has 0 aromatic rings. The summed E-state index contributed by atoms with van der Waals surface area (Å²) in [6.45, 7) is 0.0405. The van der Waals surface area contributed by atoms with E-state index in [0.29, 0.717) is 5.17 Å². The number of hydrogen-bond donors (Lipinski definition) is 2. The van der Waals surface area contributed by atoms with Gasteiger partial charge in [-0.3, -0.25) is 10.6 Å². The number of urea groups is 1. The number of carbonyl (C=O) groups excluding carboxylic acids is 1. The summed E-state index contributed by atoms with van der Waals surface area (Å²) < 4.78 is 0. The Kier molecular flexibility index (Phi) is 0.844. The molecule has 0 aliphatic carbocycles. The van der Waals surface area contributed by atoms with Crippen molar-refractivity contribution in [3.63, 3.8) is 0 Å². The number of amides is 2. The van der Waals surface area contributed by atoms with Gasteiger partial charge in [-0.1, -0.05) is 0 Å². The van der Waals surface area contributed by atoms with Crippen molar-refractivity contribution in [3.05, 3.63) is 5.21 Å². The number of carbonyl (C=O) groups is 1. The van der Waals surface area contributed by atoms with E-state index in [1.165, 1.54) is 0 Å². The molecule has 0 aromatic heterocycles. The van der Waals surface area contributed by atoms with Crippen molar-refractivity contribution in [3.8, 4) is 0 Å². The van der Waals surface area contributed by atoms with Gasteiger partial charge < -0.3 is 10.5 Å². The van der Waals surface area contributed by atoms with Crippen molar-refractivity contribution in [1.29, 1.82) is 0 Å². The maximum Gasteiger partial charge on any atom is 0.329 e. The van der Waals surface area contributed by atoms with Crippen LogP contribution in [-0.2, 0) is 0 Å². The van der Waals surface area contributed by atoms with Gasteiger partial charge >= 0.3 is 6.03 Å². The maximum atomic E-state index is 9.99. The Balaban J connectivity index is 2.40. The summed E-state index contributed by atoms with van der Waals surface area (Å²) in [6, 6.07) is -0.435. The predicted molar refractivity (Wildman–Crippen MR) is 21.7 cm³/mol. The van der Waals surface area contributed by atoms with Crippen LogP contribution in [0.3, 0.4) is 0 Å². The fourth-order valence-corrected chi connectivity index (χ4v) is 0.336. The van der Waals surface area contributed by atoms with Crippen LogP contribution in [0.15, 0.2) is 0 Å². The monoisotopic (exact) mass is 102 g/mol. The summed E-state index contributed by atoms with van der Waals surface area (Å²) in [4.78, 5) is 9.99. The molecule has 7 heavy (non-hydrogen) atoms. The van der Waals surface area contributed by atoms with Gasteiger partial charge in [0.15, 0.2) is 0 Å². The third kappa shape index (κ3) is 0.787. The molecule has 5 nitrogen and oxygen atoms in total. The third-order valence-electron chi connectivity index (χ3n) is 0.609. The second kappa shape index (κ2) is 1.36. The summed E-state index contributed by atoms with van der Waals surface area (Å²) in [6.07, 6.45) is 0. The average molecular weight is 102 g/mol. The molecule has 0 bridgehead atoms. The van der Waals surface area contributed by atoms with Crippen molar-refractivity contribution in [2.24, 2.45) is 0 Å². The fourth-order valence-electron chi connectivity index (χ4n) is 0.336. The molecule has 40 valence electrons. The first-order chi connectivity index (χ1) is 3.29. The van der Waals surface area contributed by atoms with Gasteiger partial charge in [0.25, 0.3) is 0 Å². The molecule has 0 radical (unpaired) electrons. The number of nitrogens with one attached hydrogen (secondary N) is 2. The SMILES string of the molecule is O=C1NCN([O-])N1. The van der Waals surface area contributed by atoms with Gasteiger partial charge in [0, 0.05) is 0 Å². The number of nitrogens with zero attached hydrogens (tertiary/aromatic N) is 1. The molecule has 1 fully saturated rings. The van der Waals surface area contributed by atoms with Crippen LogP contribution in [0.25, 0.3) is 0 Å². The first-order valence-corrected chi connectivity index (χ1v) is 1.78. The second-order valence-electron chi connectivity index (χ2n) is 1.15. The Morgan fingerprint density at radius 3 is 2.71 bits per heavy atom. The molecule has 0 atom stereocenters. The topological polar surface area (TPSA) is 67.4 Å². The Labute approximate surface area is 39.8 Å². The molecular formula is C2H4N3O2-. The molecule has 0 aromatic carbocycles. The van der Waals surface area contributed by atoms with Gasteiger partial charge in [-0.2, -0.15) is 0 Å². The van der Waals surface area contributed by atoms with Crippen LogP contribution in [0, 0.1) is 5.21 Å². The van der Waals surface area contributed by atoms with E-state index < -0.39 is 6.03 Å². The quantitative estimate of drug-likeness (QED) is 0.411. The molecule has 1 saturated heterocycles. The lowest BCUT2D eigenvalue weighted by Gasteiger charge is -2.16. The maximum absolute atomic E-state index is 9.99. The molecule has 1 aliphatic heterocycles. The largest absolute Gasteiger partial charge is 0.766 e. The summed E-state index contributed by atoms with van der Waals surface area (Å²) in [7, 11) is 0. The highest BCUT2D eigenvalue weighted by molar-refractivity contribution is 5.74. The summed E-state index contributed by atoms with van der Waals surface area (Å²) in [5, 5.41) is 12.6. The van der Waals surface area contributed by atoms with Crippen molar-refractivity contribution >= 4 is 6.03 Å². The van der Waals surface area contributed by atoms with Gasteiger partial charge in [-0.15, -0.1) is 0 Å². The highest BCUT2D eigenvalue weighted by atomic mass is 16.5. The van der Waals surface area contributed by atoms with Crippen LogP contribution in [0.5, 0.6) is 0 Å². The normalized spacial score (nSPS) is 21.6. The van der Waals surface area contributed by atoms with Crippen LogP contribution in [0.2, 0.25) is 0 Å². The zero-order chi connectivity index (χ0) is 5.28. The molecule has 1 heterocycles. The van der Waals surface area contributed by atoms with Crippen LogP contribution < -0.4 is 10.7 Å². The van der Waals surface area contributed by atoms with Crippen molar-refractivity contribution in [2.75, 3.05) is 6.67 Å². The van der Waals surface area contributed by atoms with E-state index in [9.17, 15) is 10.0 Å². The van der Waals surface area contributed by atoms with E-state index in [-0.39, 0.29) is 6.67 Å². The average Bonchev–Trinajstić information content (AvgIpc) is 1.87. The van der Waals surface area contributed by atoms with E-state index in [1.807, 2.05) is 5.43 Å². The van der Waals surface area contributed by atoms with Crippen molar-refractivity contribution in [2.45, 2.75) is 0 Å². The predicted octanol–water partition coefficient (Wildman–Crippen LogP) is -1.03. The van der Waals surface area contributed by atoms with E-state index in [2.05, 4.69) is 5.32 Å². The standard InChI is InChI=1S/C2H4N3O2/c6-2-3-1-5(7)4-2/h1H2,(H2,3,4,6)/q-1. The minimum atomic E-state index is -0.435. The number of hydrazine groups is 1. The van der Waals surface area contributed by atoms with Crippen LogP contribution >= 0.6 is 0 Å². The Morgan fingerprint density at radius 2 is 2.57 bits per heavy atom. The fraction of sp³-hybridized carbons (Fsp3) is 0.500. The molecular weight excluding hydrogens is 98.0 g/mol. The van der Waals surface area contributed by atoms with E-state index in [1.54, 1.807) is 0 Å². The van der Waals surface area contributed by atoms with Crippen molar-refractivity contribution < 1.29 is 4.79 Å². The molecule has 0 unspecified atom stereocenters. The molecule has 5 heteroatoms. The first-order valence-electron chi connectivity index (χ1n) is 1.78. The summed E-state index contributed by atoms with van der Waals surface area (Å²) in [5.74, 6) is 0. The zero-order valence-electron chi connectivity index (χ0n) is 3.47. The zero-order valence-corrected chi connectivity index (χ0v) is 3.47. The van der Waals surface area contributed by atoms with Crippen molar-refractivity contribution in [1.82, 2.24) is 15.9 Å². The van der Waals surface area contributed by atoms with Crippen LogP contribution in [-0.4, -0.2) is 17.9 Å². The van der Waals surface area contributed by atoms with Gasteiger partial charge in [0.05, 0.1) is 6.67 Å². The van der Waals surface area contributed by atoms with E-state index >= 15 is 0 Å². The first kappa shape index (κ1) is 4.35. The van der Waals surface area contributed by atoms with E-state index in [0.717, 1.165) is 0 Å². The second-order valence-corrected chi connectivity index (χ2v) is 1.15. The lowest BCUT2D eigenvalue weighted by atomic mass is 11.0. The molecule has 0 saturated carbocycles. The highest BCUT2D eigenvalue weighted by Crippen LogP contribution is 1.80.